The monoisotopic (exact) mass is 257 g/mol. The van der Waals surface area contributed by atoms with Crippen LogP contribution in [-0.2, 0) is 9.53 Å². The van der Waals surface area contributed by atoms with Gasteiger partial charge >= 0.3 is 5.97 Å². The van der Waals surface area contributed by atoms with Crippen molar-refractivity contribution in [3.05, 3.63) is 0 Å². The van der Waals surface area contributed by atoms with E-state index in [2.05, 4.69) is 25.7 Å². The van der Waals surface area contributed by atoms with Crippen LogP contribution in [0.15, 0.2) is 0 Å². The van der Waals surface area contributed by atoms with Crippen LogP contribution in [0.2, 0.25) is 0 Å². The Morgan fingerprint density at radius 1 is 1.44 bits per heavy atom. The summed E-state index contributed by atoms with van der Waals surface area (Å²) in [5.74, 6) is 0.991. The predicted octanol–water partition coefficient (Wildman–Crippen LogP) is 1.67. The van der Waals surface area contributed by atoms with Gasteiger partial charge in [-0.3, -0.25) is 9.69 Å². The number of aliphatic hydroxyl groups is 1. The zero-order valence-electron chi connectivity index (χ0n) is 12.1. The summed E-state index contributed by atoms with van der Waals surface area (Å²) in [6.45, 7) is 10.4. The first-order valence-corrected chi connectivity index (χ1v) is 7.01. The van der Waals surface area contributed by atoms with Gasteiger partial charge in [0.25, 0.3) is 0 Å². The maximum absolute atomic E-state index is 11.3. The lowest BCUT2D eigenvalue weighted by molar-refractivity contribution is -0.145. The fourth-order valence-electron chi connectivity index (χ4n) is 2.82. The molecule has 0 aromatic carbocycles. The number of rotatable bonds is 5. The molecule has 4 unspecified atom stereocenters. The van der Waals surface area contributed by atoms with E-state index in [4.69, 9.17) is 4.74 Å². The molecule has 4 nitrogen and oxygen atoms in total. The summed E-state index contributed by atoms with van der Waals surface area (Å²) in [6.07, 6.45) is 0.717. The Morgan fingerprint density at radius 2 is 2.11 bits per heavy atom. The largest absolute Gasteiger partial charge is 0.466 e. The summed E-state index contributed by atoms with van der Waals surface area (Å²) in [6, 6.07) is 0.470. The molecule has 0 spiro atoms. The number of nitrogens with zero attached hydrogens (tertiary/aromatic N) is 1. The number of carbonyl (C=O) groups is 1. The molecule has 0 saturated carbocycles. The van der Waals surface area contributed by atoms with Crippen LogP contribution in [0.25, 0.3) is 0 Å². The van der Waals surface area contributed by atoms with E-state index in [1.165, 1.54) is 6.42 Å². The minimum Gasteiger partial charge on any atom is -0.466 e. The fourth-order valence-corrected chi connectivity index (χ4v) is 2.82. The van der Waals surface area contributed by atoms with Crippen molar-refractivity contribution in [2.45, 2.75) is 52.7 Å². The fraction of sp³-hybridized carbons (Fsp3) is 0.929. The molecule has 1 heterocycles. The lowest BCUT2D eigenvalue weighted by Crippen LogP contribution is -2.48. The van der Waals surface area contributed by atoms with Crippen molar-refractivity contribution in [3.63, 3.8) is 0 Å². The summed E-state index contributed by atoms with van der Waals surface area (Å²) in [5.41, 5.74) is 0. The van der Waals surface area contributed by atoms with Crippen LogP contribution in [0.5, 0.6) is 0 Å². The molecule has 1 N–H and O–H groups in total. The van der Waals surface area contributed by atoms with Gasteiger partial charge in [-0.15, -0.1) is 0 Å². The third kappa shape index (κ3) is 4.58. The molecule has 1 saturated heterocycles. The SMILES string of the molecule is CCOC(=O)CC(O)CN1CC(C)CC(C)C1C. The van der Waals surface area contributed by atoms with Crippen LogP contribution < -0.4 is 0 Å². The summed E-state index contributed by atoms with van der Waals surface area (Å²) in [5, 5.41) is 9.95. The zero-order valence-corrected chi connectivity index (χ0v) is 12.1. The summed E-state index contributed by atoms with van der Waals surface area (Å²) >= 11 is 0. The minimum atomic E-state index is -0.621. The number of aliphatic hydroxyl groups excluding tert-OH is 1. The molecule has 0 bridgehead atoms. The molecule has 1 aliphatic rings. The smallest absolute Gasteiger partial charge is 0.308 e. The van der Waals surface area contributed by atoms with Gasteiger partial charge in [-0.2, -0.15) is 0 Å². The van der Waals surface area contributed by atoms with Gasteiger partial charge in [0.05, 0.1) is 19.1 Å². The molecule has 1 fully saturated rings. The lowest BCUT2D eigenvalue weighted by atomic mass is 9.86. The first kappa shape index (κ1) is 15.4. The van der Waals surface area contributed by atoms with E-state index < -0.39 is 6.10 Å². The van der Waals surface area contributed by atoms with E-state index in [0.717, 1.165) is 6.54 Å². The Balaban J connectivity index is 2.42. The molecule has 18 heavy (non-hydrogen) atoms. The first-order chi connectivity index (χ1) is 8.43. The van der Waals surface area contributed by atoms with E-state index in [0.29, 0.717) is 31.0 Å². The van der Waals surface area contributed by atoms with Gasteiger partial charge in [0.1, 0.15) is 0 Å². The third-order valence-corrected chi connectivity index (χ3v) is 3.87. The molecule has 0 amide bonds. The quantitative estimate of drug-likeness (QED) is 0.761. The number of ether oxygens (including phenoxy) is 1. The Hall–Kier alpha value is -0.610. The number of esters is 1. The van der Waals surface area contributed by atoms with Gasteiger partial charge in [-0.25, -0.2) is 0 Å². The molecule has 1 rings (SSSR count). The van der Waals surface area contributed by atoms with Crippen molar-refractivity contribution >= 4 is 5.97 Å². The Bertz CT molecular complexity index is 270. The van der Waals surface area contributed by atoms with Crippen molar-refractivity contribution in [1.29, 1.82) is 0 Å². The highest BCUT2D eigenvalue weighted by molar-refractivity contribution is 5.69. The number of hydrogen-bond donors (Lipinski definition) is 1. The van der Waals surface area contributed by atoms with Crippen LogP contribution in [0.1, 0.15) is 40.5 Å². The van der Waals surface area contributed by atoms with Gasteiger partial charge in [0.15, 0.2) is 0 Å². The van der Waals surface area contributed by atoms with E-state index >= 15 is 0 Å². The maximum atomic E-state index is 11.3. The second-order valence-corrected chi connectivity index (χ2v) is 5.68. The van der Waals surface area contributed by atoms with Gasteiger partial charge in [0, 0.05) is 19.1 Å². The van der Waals surface area contributed by atoms with E-state index in [1.807, 2.05) is 0 Å². The van der Waals surface area contributed by atoms with Crippen molar-refractivity contribution in [2.24, 2.45) is 11.8 Å². The molecule has 1 aliphatic heterocycles. The van der Waals surface area contributed by atoms with Crippen LogP contribution in [0, 0.1) is 11.8 Å². The molecular weight excluding hydrogens is 230 g/mol. The highest BCUT2D eigenvalue weighted by Gasteiger charge is 2.30. The third-order valence-electron chi connectivity index (χ3n) is 3.87. The zero-order chi connectivity index (χ0) is 13.7. The average molecular weight is 257 g/mol. The van der Waals surface area contributed by atoms with Gasteiger partial charge < -0.3 is 9.84 Å². The molecule has 0 aromatic rings. The van der Waals surface area contributed by atoms with E-state index in [-0.39, 0.29) is 12.4 Å². The Labute approximate surface area is 110 Å². The Morgan fingerprint density at radius 3 is 2.72 bits per heavy atom. The summed E-state index contributed by atoms with van der Waals surface area (Å²) in [4.78, 5) is 13.6. The molecule has 106 valence electrons. The number of β-amino-alcohol motifs (C(OH)–C–C–N with tert-alkyl or cyclic N) is 1. The van der Waals surface area contributed by atoms with Crippen molar-refractivity contribution in [2.75, 3.05) is 19.7 Å². The first-order valence-electron chi connectivity index (χ1n) is 7.01. The predicted molar refractivity (Wildman–Crippen MR) is 71.2 cm³/mol. The van der Waals surface area contributed by atoms with Gasteiger partial charge in [-0.05, 0) is 32.1 Å². The number of hydrogen-bond acceptors (Lipinski definition) is 4. The summed E-state index contributed by atoms with van der Waals surface area (Å²) < 4.78 is 4.85. The van der Waals surface area contributed by atoms with Crippen molar-refractivity contribution in [3.8, 4) is 0 Å². The normalized spacial score (nSPS) is 31.1. The minimum absolute atomic E-state index is 0.0970. The van der Waals surface area contributed by atoms with Crippen molar-refractivity contribution in [1.82, 2.24) is 4.90 Å². The van der Waals surface area contributed by atoms with E-state index in [1.54, 1.807) is 6.92 Å². The highest BCUT2D eigenvalue weighted by Crippen LogP contribution is 2.27. The maximum Gasteiger partial charge on any atom is 0.308 e. The lowest BCUT2D eigenvalue weighted by Gasteiger charge is -2.41. The average Bonchev–Trinajstić information content (AvgIpc) is 2.25. The molecule has 4 heteroatoms. The van der Waals surface area contributed by atoms with Crippen LogP contribution >= 0.6 is 0 Å². The number of likely N-dealkylation sites (tertiary alicyclic amines) is 1. The van der Waals surface area contributed by atoms with E-state index in [9.17, 15) is 9.90 Å². The molecule has 0 aliphatic carbocycles. The molecule has 0 radical (unpaired) electrons. The second kappa shape index (κ2) is 7.10. The topological polar surface area (TPSA) is 49.8 Å². The summed E-state index contributed by atoms with van der Waals surface area (Å²) in [7, 11) is 0. The highest BCUT2D eigenvalue weighted by atomic mass is 16.5. The van der Waals surface area contributed by atoms with Gasteiger partial charge in [-0.1, -0.05) is 13.8 Å². The van der Waals surface area contributed by atoms with Crippen LogP contribution in [0.3, 0.4) is 0 Å². The molecule has 0 aromatic heterocycles. The van der Waals surface area contributed by atoms with Crippen LogP contribution in [-0.4, -0.2) is 47.8 Å². The molecule has 4 atom stereocenters. The number of piperidine rings is 1. The standard InChI is InChI=1S/C14H27NO3/c1-5-18-14(17)7-13(16)9-15-8-10(2)6-11(3)12(15)4/h10-13,16H,5-9H2,1-4H3. The van der Waals surface area contributed by atoms with Crippen molar-refractivity contribution < 1.29 is 14.6 Å². The van der Waals surface area contributed by atoms with Gasteiger partial charge in [0.2, 0.25) is 0 Å². The molecular formula is C14H27NO3. The van der Waals surface area contributed by atoms with Crippen LogP contribution in [0.4, 0.5) is 0 Å². The Kier molecular flexibility index (Phi) is 6.09. The second-order valence-electron chi connectivity index (χ2n) is 5.68. The number of carbonyl (C=O) groups excluding carboxylic acids is 1.